The van der Waals surface area contributed by atoms with Gasteiger partial charge in [-0.15, -0.1) is 0 Å². The van der Waals surface area contributed by atoms with Gasteiger partial charge in [-0.1, -0.05) is 24.3 Å². The topological polar surface area (TPSA) is 62.3 Å². The third-order valence-corrected chi connectivity index (χ3v) is 3.68. The summed E-state index contributed by atoms with van der Waals surface area (Å²) < 4.78 is 5.16. The number of hydrogen-bond acceptors (Lipinski definition) is 4. The molecule has 5 nitrogen and oxygen atoms in total. The van der Waals surface area contributed by atoms with Gasteiger partial charge >= 0.3 is 0 Å². The van der Waals surface area contributed by atoms with Gasteiger partial charge in [0, 0.05) is 5.71 Å². The summed E-state index contributed by atoms with van der Waals surface area (Å²) in [4.78, 5) is 7.63. The first kappa shape index (κ1) is 15.1. The normalized spacial score (nSPS) is 11.7. The molecule has 0 fully saturated rings. The van der Waals surface area contributed by atoms with Crippen LogP contribution in [0.5, 0.6) is 5.75 Å². The standard InChI is InChI=1S/C18H20N4O/c1-13(7-8-14-9-11-15(23-2)12-10-14)21-22-18-19-16-5-3-4-6-17(16)20-18/h3-6,9-12H,7-8H2,1-2H3,(H2,19,20,22)/b21-13-. The second-order valence-corrected chi connectivity index (χ2v) is 5.41. The van der Waals surface area contributed by atoms with E-state index in [2.05, 4.69) is 32.6 Å². The van der Waals surface area contributed by atoms with Crippen molar-refractivity contribution in [2.75, 3.05) is 12.5 Å². The number of anilines is 1. The molecule has 2 aromatic carbocycles. The van der Waals surface area contributed by atoms with Gasteiger partial charge in [0.25, 0.3) is 0 Å². The minimum Gasteiger partial charge on any atom is -0.497 e. The van der Waals surface area contributed by atoms with E-state index in [0.29, 0.717) is 5.95 Å². The molecule has 0 spiro atoms. The number of nitrogens with zero attached hydrogens (tertiary/aromatic N) is 2. The van der Waals surface area contributed by atoms with Gasteiger partial charge in [0.1, 0.15) is 5.75 Å². The number of hydrazone groups is 1. The molecule has 0 unspecified atom stereocenters. The van der Waals surface area contributed by atoms with E-state index in [0.717, 1.165) is 35.3 Å². The number of aryl methyl sites for hydroxylation is 1. The van der Waals surface area contributed by atoms with E-state index < -0.39 is 0 Å². The van der Waals surface area contributed by atoms with Crippen molar-refractivity contribution in [3.8, 4) is 5.75 Å². The Kier molecular flexibility index (Phi) is 4.57. The molecule has 0 atom stereocenters. The Morgan fingerprint density at radius 3 is 2.70 bits per heavy atom. The highest BCUT2D eigenvalue weighted by Gasteiger charge is 2.01. The van der Waals surface area contributed by atoms with E-state index in [-0.39, 0.29) is 0 Å². The van der Waals surface area contributed by atoms with E-state index in [1.807, 2.05) is 43.3 Å². The molecule has 0 aliphatic heterocycles. The summed E-state index contributed by atoms with van der Waals surface area (Å²) in [5.74, 6) is 1.54. The molecule has 1 heterocycles. The first-order chi connectivity index (χ1) is 11.2. The van der Waals surface area contributed by atoms with E-state index >= 15 is 0 Å². The summed E-state index contributed by atoms with van der Waals surface area (Å²) in [5, 5.41) is 4.39. The molecule has 0 amide bonds. The van der Waals surface area contributed by atoms with Crippen LogP contribution in [0.3, 0.4) is 0 Å². The van der Waals surface area contributed by atoms with Crippen LogP contribution in [0.15, 0.2) is 53.6 Å². The Labute approximate surface area is 135 Å². The number of rotatable bonds is 6. The molecule has 1 aromatic heterocycles. The van der Waals surface area contributed by atoms with Crippen LogP contribution in [-0.4, -0.2) is 22.8 Å². The van der Waals surface area contributed by atoms with Crippen molar-refractivity contribution in [1.82, 2.24) is 9.97 Å². The molecule has 3 rings (SSSR count). The highest BCUT2D eigenvalue weighted by molar-refractivity contribution is 5.83. The van der Waals surface area contributed by atoms with Crippen LogP contribution in [0.4, 0.5) is 5.95 Å². The van der Waals surface area contributed by atoms with Gasteiger partial charge in [-0.2, -0.15) is 5.10 Å². The largest absolute Gasteiger partial charge is 0.497 e. The molecule has 5 heteroatoms. The van der Waals surface area contributed by atoms with Gasteiger partial charge < -0.3 is 9.72 Å². The minimum absolute atomic E-state index is 0.662. The molecule has 0 aliphatic rings. The molecule has 0 aliphatic carbocycles. The lowest BCUT2D eigenvalue weighted by Gasteiger charge is -2.04. The first-order valence-corrected chi connectivity index (χ1v) is 7.61. The Morgan fingerprint density at radius 1 is 1.17 bits per heavy atom. The summed E-state index contributed by atoms with van der Waals surface area (Å²) in [7, 11) is 1.68. The Hall–Kier alpha value is -2.82. The fraction of sp³-hybridized carbons (Fsp3) is 0.222. The maximum absolute atomic E-state index is 5.16. The smallest absolute Gasteiger partial charge is 0.222 e. The van der Waals surface area contributed by atoms with Crippen molar-refractivity contribution in [3.63, 3.8) is 0 Å². The number of aromatic amines is 1. The number of ether oxygens (including phenoxy) is 1. The lowest BCUT2D eigenvalue weighted by molar-refractivity contribution is 0.414. The average molecular weight is 308 g/mol. The van der Waals surface area contributed by atoms with Crippen LogP contribution in [0.25, 0.3) is 11.0 Å². The summed E-state index contributed by atoms with van der Waals surface area (Å²) in [6, 6.07) is 16.0. The van der Waals surface area contributed by atoms with Gasteiger partial charge in [0.05, 0.1) is 18.1 Å². The SMILES string of the molecule is COc1ccc(CC/C(C)=N\Nc2nc3ccccc3[nH]2)cc1. The number of fused-ring (bicyclic) bond motifs is 1. The number of para-hydroxylation sites is 2. The molecule has 0 bridgehead atoms. The molecule has 118 valence electrons. The lowest BCUT2D eigenvalue weighted by Crippen LogP contribution is -2.00. The zero-order valence-corrected chi connectivity index (χ0v) is 13.3. The van der Waals surface area contributed by atoms with Crippen molar-refractivity contribution in [2.45, 2.75) is 19.8 Å². The Morgan fingerprint density at radius 2 is 1.96 bits per heavy atom. The van der Waals surface area contributed by atoms with E-state index in [1.165, 1.54) is 5.56 Å². The quantitative estimate of drug-likeness (QED) is 0.534. The fourth-order valence-corrected chi connectivity index (χ4v) is 2.33. The Balaban J connectivity index is 1.56. The second-order valence-electron chi connectivity index (χ2n) is 5.41. The predicted molar refractivity (Wildman–Crippen MR) is 94.1 cm³/mol. The second kappa shape index (κ2) is 6.96. The van der Waals surface area contributed by atoms with Crippen LogP contribution in [0.1, 0.15) is 18.9 Å². The van der Waals surface area contributed by atoms with Crippen molar-refractivity contribution < 1.29 is 4.74 Å². The maximum Gasteiger partial charge on any atom is 0.222 e. The van der Waals surface area contributed by atoms with Gasteiger partial charge in [-0.3, -0.25) is 0 Å². The van der Waals surface area contributed by atoms with Crippen molar-refractivity contribution >= 4 is 22.7 Å². The van der Waals surface area contributed by atoms with Crippen molar-refractivity contribution in [2.24, 2.45) is 5.10 Å². The monoisotopic (exact) mass is 308 g/mol. The molecule has 0 radical (unpaired) electrons. The van der Waals surface area contributed by atoms with E-state index in [1.54, 1.807) is 7.11 Å². The zero-order valence-electron chi connectivity index (χ0n) is 13.3. The molecule has 23 heavy (non-hydrogen) atoms. The molecular formula is C18H20N4O. The van der Waals surface area contributed by atoms with Gasteiger partial charge in [-0.05, 0) is 49.6 Å². The lowest BCUT2D eigenvalue weighted by atomic mass is 10.1. The zero-order chi connectivity index (χ0) is 16.1. The van der Waals surface area contributed by atoms with Gasteiger partial charge in [-0.25, -0.2) is 10.4 Å². The maximum atomic E-state index is 5.16. The van der Waals surface area contributed by atoms with Crippen molar-refractivity contribution in [1.29, 1.82) is 0 Å². The summed E-state index contributed by atoms with van der Waals surface area (Å²) in [6.07, 6.45) is 1.83. The highest BCUT2D eigenvalue weighted by atomic mass is 16.5. The number of H-pyrrole nitrogens is 1. The third-order valence-electron chi connectivity index (χ3n) is 3.68. The number of nitrogens with one attached hydrogen (secondary N) is 2. The number of hydrogen-bond donors (Lipinski definition) is 2. The predicted octanol–water partition coefficient (Wildman–Crippen LogP) is 3.99. The Bertz CT molecular complexity index is 772. The number of benzene rings is 2. The first-order valence-electron chi connectivity index (χ1n) is 7.61. The third kappa shape index (κ3) is 3.88. The summed E-state index contributed by atoms with van der Waals surface area (Å²) >= 11 is 0. The van der Waals surface area contributed by atoms with Crippen LogP contribution in [-0.2, 0) is 6.42 Å². The van der Waals surface area contributed by atoms with Gasteiger partial charge in [0.2, 0.25) is 5.95 Å². The average Bonchev–Trinajstić information content (AvgIpc) is 3.01. The summed E-state index contributed by atoms with van der Waals surface area (Å²) in [6.45, 7) is 2.01. The summed E-state index contributed by atoms with van der Waals surface area (Å²) in [5.41, 5.74) is 7.22. The molecule has 2 N–H and O–H groups in total. The van der Waals surface area contributed by atoms with Crippen LogP contribution >= 0.6 is 0 Å². The number of imidazole rings is 1. The molecule has 3 aromatic rings. The van der Waals surface area contributed by atoms with E-state index in [4.69, 9.17) is 4.74 Å². The molecule has 0 saturated carbocycles. The van der Waals surface area contributed by atoms with Crippen molar-refractivity contribution in [3.05, 3.63) is 54.1 Å². The van der Waals surface area contributed by atoms with Crippen LogP contribution in [0, 0.1) is 0 Å². The molecular weight excluding hydrogens is 288 g/mol. The van der Waals surface area contributed by atoms with Gasteiger partial charge in [0.15, 0.2) is 0 Å². The highest BCUT2D eigenvalue weighted by Crippen LogP contribution is 2.14. The number of aromatic nitrogens is 2. The number of methoxy groups -OCH3 is 1. The van der Waals surface area contributed by atoms with Crippen LogP contribution in [0.2, 0.25) is 0 Å². The van der Waals surface area contributed by atoms with Crippen LogP contribution < -0.4 is 10.2 Å². The molecule has 0 saturated heterocycles. The fourth-order valence-electron chi connectivity index (χ4n) is 2.33. The minimum atomic E-state index is 0.662. The van der Waals surface area contributed by atoms with E-state index in [9.17, 15) is 0 Å².